The molecule has 2 aromatic carbocycles. The average Bonchev–Trinajstić information content (AvgIpc) is 3.06. The molecule has 0 aliphatic heterocycles. The monoisotopic (exact) mass is 350 g/mol. The summed E-state index contributed by atoms with van der Waals surface area (Å²) in [5.41, 5.74) is 1.97. The predicted octanol–water partition coefficient (Wildman–Crippen LogP) is 3.55. The van der Waals surface area contributed by atoms with Gasteiger partial charge in [-0.15, -0.1) is 0 Å². The Balaban J connectivity index is 1.72. The topological polar surface area (TPSA) is 88.3 Å². The highest BCUT2D eigenvalue weighted by atomic mass is 16.5. The molecule has 3 rings (SSSR count). The van der Waals surface area contributed by atoms with Crippen molar-refractivity contribution in [3.05, 3.63) is 65.9 Å². The maximum Gasteiger partial charge on any atom is 0.341 e. The van der Waals surface area contributed by atoms with Gasteiger partial charge in [-0.05, 0) is 32.0 Å². The summed E-state index contributed by atoms with van der Waals surface area (Å²) in [5.74, 6) is -1.26. The predicted molar refractivity (Wildman–Crippen MR) is 98.3 cm³/mol. The van der Waals surface area contributed by atoms with Gasteiger partial charge in [-0.3, -0.25) is 9.59 Å². The molecule has 0 saturated heterocycles. The number of hydrogen-bond acceptors (Lipinski definition) is 4. The third kappa shape index (κ3) is 3.49. The fraction of sp³-hybridized carbons (Fsp3) is 0.150. The summed E-state index contributed by atoms with van der Waals surface area (Å²) in [6.45, 7) is 2.91. The minimum atomic E-state index is -1.02. The molecule has 3 aromatic rings. The summed E-state index contributed by atoms with van der Waals surface area (Å²) in [6.07, 6.45) is 0.541. The molecule has 26 heavy (non-hydrogen) atoms. The van der Waals surface area contributed by atoms with Gasteiger partial charge in [-0.25, -0.2) is 4.79 Å². The van der Waals surface area contributed by atoms with Crippen molar-refractivity contribution in [2.24, 2.45) is 0 Å². The molecule has 2 N–H and O–H groups in total. The maximum atomic E-state index is 12.4. The number of carbonyl (C=O) groups excluding carboxylic acids is 3. The number of rotatable bonds is 5. The number of aromatic nitrogens is 1. The number of Topliss-reactive ketones (excluding diaryl/α,β-unsaturated/α-hetero) is 1. The first-order valence-electron chi connectivity index (χ1n) is 8.15. The van der Waals surface area contributed by atoms with Crippen molar-refractivity contribution in [1.82, 2.24) is 4.98 Å². The van der Waals surface area contributed by atoms with E-state index in [0.29, 0.717) is 16.8 Å². The van der Waals surface area contributed by atoms with Crippen LogP contribution in [-0.4, -0.2) is 28.7 Å². The lowest BCUT2D eigenvalue weighted by Gasteiger charge is -2.14. The second kappa shape index (κ2) is 7.23. The number of amides is 1. The third-order valence-electron chi connectivity index (χ3n) is 4.03. The number of para-hydroxylation sites is 2. The molecule has 6 heteroatoms. The van der Waals surface area contributed by atoms with Crippen molar-refractivity contribution in [1.29, 1.82) is 0 Å². The smallest absolute Gasteiger partial charge is 0.341 e. The molecule has 0 radical (unpaired) electrons. The lowest BCUT2D eigenvalue weighted by atomic mass is 10.1. The second-order valence-corrected chi connectivity index (χ2v) is 5.89. The molecular formula is C20H18N2O4. The van der Waals surface area contributed by atoms with Crippen LogP contribution >= 0.6 is 0 Å². The number of aromatic amines is 1. The highest BCUT2D eigenvalue weighted by Crippen LogP contribution is 2.20. The van der Waals surface area contributed by atoms with E-state index in [9.17, 15) is 14.4 Å². The number of benzene rings is 2. The quantitative estimate of drug-likeness (QED) is 0.544. The van der Waals surface area contributed by atoms with Gasteiger partial charge in [0.15, 0.2) is 11.9 Å². The van der Waals surface area contributed by atoms with Crippen LogP contribution in [0.5, 0.6) is 0 Å². The number of H-pyrrole nitrogens is 1. The molecule has 0 aliphatic carbocycles. The van der Waals surface area contributed by atoms with Crippen LogP contribution in [0.1, 0.15) is 34.6 Å². The van der Waals surface area contributed by atoms with E-state index in [-0.39, 0.29) is 5.78 Å². The van der Waals surface area contributed by atoms with Crippen LogP contribution in [0.15, 0.2) is 54.7 Å². The van der Waals surface area contributed by atoms with Crippen molar-refractivity contribution in [2.75, 3.05) is 5.32 Å². The van der Waals surface area contributed by atoms with E-state index in [4.69, 9.17) is 4.74 Å². The number of ether oxygens (including phenoxy) is 1. The molecule has 1 aromatic heterocycles. The van der Waals surface area contributed by atoms with Gasteiger partial charge in [0.25, 0.3) is 5.91 Å². The van der Waals surface area contributed by atoms with Crippen molar-refractivity contribution in [3.8, 4) is 0 Å². The molecule has 132 valence electrons. The minimum Gasteiger partial charge on any atom is -0.449 e. The van der Waals surface area contributed by atoms with Crippen molar-refractivity contribution >= 4 is 34.3 Å². The van der Waals surface area contributed by atoms with E-state index in [1.54, 1.807) is 36.5 Å². The van der Waals surface area contributed by atoms with Crippen LogP contribution in [0.3, 0.4) is 0 Å². The first kappa shape index (κ1) is 17.4. The zero-order valence-electron chi connectivity index (χ0n) is 14.4. The lowest BCUT2D eigenvalue weighted by Crippen LogP contribution is -2.30. The Hall–Kier alpha value is -3.41. The van der Waals surface area contributed by atoms with Crippen molar-refractivity contribution < 1.29 is 19.1 Å². The number of carbonyl (C=O) groups is 3. The molecule has 1 amide bonds. The van der Waals surface area contributed by atoms with Crippen molar-refractivity contribution in [3.63, 3.8) is 0 Å². The maximum absolute atomic E-state index is 12.4. The van der Waals surface area contributed by atoms with E-state index < -0.39 is 18.0 Å². The van der Waals surface area contributed by atoms with Gasteiger partial charge in [0, 0.05) is 22.7 Å². The Labute approximate surface area is 150 Å². The summed E-state index contributed by atoms with van der Waals surface area (Å²) in [5, 5.41) is 3.36. The number of hydrogen-bond donors (Lipinski definition) is 2. The molecule has 1 heterocycles. The van der Waals surface area contributed by atoms with Crippen LogP contribution in [0, 0.1) is 0 Å². The Morgan fingerprint density at radius 3 is 2.46 bits per heavy atom. The summed E-state index contributed by atoms with van der Waals surface area (Å²) in [7, 11) is 0. The van der Waals surface area contributed by atoms with Gasteiger partial charge in [-0.2, -0.15) is 0 Å². The second-order valence-electron chi connectivity index (χ2n) is 5.89. The first-order valence-corrected chi connectivity index (χ1v) is 8.15. The number of anilines is 1. The van der Waals surface area contributed by atoms with Gasteiger partial charge in [0.2, 0.25) is 0 Å². The zero-order chi connectivity index (χ0) is 18.7. The van der Waals surface area contributed by atoms with Crippen molar-refractivity contribution in [2.45, 2.75) is 20.0 Å². The molecule has 1 atom stereocenters. The summed E-state index contributed by atoms with van der Waals surface area (Å²) >= 11 is 0. The molecule has 6 nitrogen and oxygen atoms in total. The Kier molecular flexibility index (Phi) is 4.84. The molecule has 0 unspecified atom stereocenters. The summed E-state index contributed by atoms with van der Waals surface area (Å²) < 4.78 is 5.28. The third-order valence-corrected chi connectivity index (χ3v) is 4.03. The highest BCUT2D eigenvalue weighted by molar-refractivity contribution is 6.07. The molecule has 0 fully saturated rings. The largest absolute Gasteiger partial charge is 0.449 e. The SMILES string of the molecule is CC(=O)c1ccccc1NC(=O)[C@H](C)OC(=O)c1c[nH]c2ccccc12. The molecule has 0 saturated carbocycles. The van der Waals surface area contributed by atoms with E-state index in [1.165, 1.54) is 13.8 Å². The fourth-order valence-electron chi connectivity index (χ4n) is 2.65. The van der Waals surface area contributed by atoms with Crippen LogP contribution in [0.2, 0.25) is 0 Å². The molecule has 0 bridgehead atoms. The van der Waals surface area contributed by atoms with E-state index >= 15 is 0 Å². The van der Waals surface area contributed by atoms with Gasteiger partial charge < -0.3 is 15.0 Å². The summed E-state index contributed by atoms with van der Waals surface area (Å²) in [6, 6.07) is 14.0. The highest BCUT2D eigenvalue weighted by Gasteiger charge is 2.22. The number of fused-ring (bicyclic) bond motifs is 1. The van der Waals surface area contributed by atoms with Gasteiger partial charge in [-0.1, -0.05) is 30.3 Å². The molecular weight excluding hydrogens is 332 g/mol. The molecule has 0 aliphatic rings. The number of esters is 1. The van der Waals surface area contributed by atoms with Crippen LogP contribution in [0.25, 0.3) is 10.9 Å². The van der Waals surface area contributed by atoms with Crippen LogP contribution in [-0.2, 0) is 9.53 Å². The molecule has 0 spiro atoms. The van der Waals surface area contributed by atoms with Gasteiger partial charge >= 0.3 is 5.97 Å². The summed E-state index contributed by atoms with van der Waals surface area (Å²) in [4.78, 5) is 39.4. The van der Waals surface area contributed by atoms with Crippen LogP contribution < -0.4 is 5.32 Å². The first-order chi connectivity index (χ1) is 12.5. The minimum absolute atomic E-state index is 0.163. The number of nitrogens with one attached hydrogen (secondary N) is 2. The Bertz CT molecular complexity index is 990. The van der Waals surface area contributed by atoms with Gasteiger partial charge in [0.05, 0.1) is 11.3 Å². The average molecular weight is 350 g/mol. The van der Waals surface area contributed by atoms with Crippen LogP contribution in [0.4, 0.5) is 5.69 Å². The van der Waals surface area contributed by atoms with E-state index in [0.717, 1.165) is 10.9 Å². The Morgan fingerprint density at radius 1 is 1.00 bits per heavy atom. The zero-order valence-corrected chi connectivity index (χ0v) is 14.4. The Morgan fingerprint density at radius 2 is 1.69 bits per heavy atom. The lowest BCUT2D eigenvalue weighted by molar-refractivity contribution is -0.123. The van der Waals surface area contributed by atoms with Gasteiger partial charge in [0.1, 0.15) is 0 Å². The van der Waals surface area contributed by atoms with E-state index in [1.807, 2.05) is 18.2 Å². The fourth-order valence-corrected chi connectivity index (χ4v) is 2.65. The normalized spacial score (nSPS) is 11.8. The van der Waals surface area contributed by atoms with E-state index in [2.05, 4.69) is 10.3 Å². The standard InChI is InChI=1S/C20H18N2O4/c1-12(23)14-7-3-6-10-18(14)22-19(24)13(2)26-20(25)16-11-21-17-9-5-4-8-15(16)17/h3-11,13,21H,1-2H3,(H,22,24)/t13-/m0/s1. The number of ketones is 1.